The zero-order chi connectivity index (χ0) is 14.0. The average molecular weight is 264 g/mol. The van der Waals surface area contributed by atoms with E-state index < -0.39 is 0 Å². The van der Waals surface area contributed by atoms with Crippen molar-refractivity contribution in [1.29, 1.82) is 0 Å². The highest BCUT2D eigenvalue weighted by molar-refractivity contribution is 5.41. The van der Waals surface area contributed by atoms with Gasteiger partial charge in [0.15, 0.2) is 0 Å². The van der Waals surface area contributed by atoms with Gasteiger partial charge in [0.1, 0.15) is 5.75 Å². The summed E-state index contributed by atoms with van der Waals surface area (Å²) in [5, 5.41) is 0. The Morgan fingerprint density at radius 3 is 2.58 bits per heavy atom. The molecule has 2 atom stereocenters. The summed E-state index contributed by atoms with van der Waals surface area (Å²) in [6.45, 7) is 4.05. The maximum absolute atomic E-state index is 6.29. The Hall–Kier alpha value is -1.13. The van der Waals surface area contributed by atoms with Gasteiger partial charge < -0.3 is 15.2 Å². The Morgan fingerprint density at radius 1 is 1.37 bits per heavy atom. The lowest BCUT2D eigenvalue weighted by molar-refractivity contribution is 0.0623. The van der Waals surface area contributed by atoms with Crippen LogP contribution in [0.5, 0.6) is 5.75 Å². The van der Waals surface area contributed by atoms with Crippen molar-refractivity contribution < 1.29 is 9.47 Å². The van der Waals surface area contributed by atoms with E-state index in [1.807, 2.05) is 20.0 Å². The number of aromatic nitrogens is 1. The third kappa shape index (κ3) is 3.07. The van der Waals surface area contributed by atoms with E-state index in [9.17, 15) is 0 Å². The van der Waals surface area contributed by atoms with Gasteiger partial charge in [-0.25, -0.2) is 0 Å². The van der Waals surface area contributed by atoms with E-state index in [-0.39, 0.29) is 12.1 Å². The quantitative estimate of drug-likeness (QED) is 0.854. The van der Waals surface area contributed by atoms with Crippen LogP contribution in [0, 0.1) is 19.8 Å². The molecule has 0 amide bonds. The molecule has 106 valence electrons. The van der Waals surface area contributed by atoms with Gasteiger partial charge in [-0.2, -0.15) is 0 Å². The Kier molecular flexibility index (Phi) is 4.42. The van der Waals surface area contributed by atoms with Crippen molar-refractivity contribution in [1.82, 2.24) is 4.98 Å². The molecule has 0 aromatic carbocycles. The lowest BCUT2D eigenvalue weighted by atomic mass is 9.99. The first-order valence-electron chi connectivity index (χ1n) is 6.86. The summed E-state index contributed by atoms with van der Waals surface area (Å²) in [5.74, 6) is 1.55. The molecule has 4 heteroatoms. The third-order valence-electron chi connectivity index (χ3n) is 3.96. The molecule has 1 fully saturated rings. The van der Waals surface area contributed by atoms with Gasteiger partial charge in [0.05, 0.1) is 13.2 Å². The zero-order valence-electron chi connectivity index (χ0n) is 12.3. The van der Waals surface area contributed by atoms with Gasteiger partial charge in [-0.15, -0.1) is 0 Å². The van der Waals surface area contributed by atoms with Crippen molar-refractivity contribution in [3.63, 3.8) is 0 Å². The molecule has 2 unspecified atom stereocenters. The summed E-state index contributed by atoms with van der Waals surface area (Å²) in [7, 11) is 3.44. The van der Waals surface area contributed by atoms with E-state index in [4.69, 9.17) is 15.2 Å². The summed E-state index contributed by atoms with van der Waals surface area (Å²) in [6.07, 6.45) is 5.20. The maximum atomic E-state index is 6.29. The number of nitrogens with two attached hydrogens (primary N) is 1. The van der Waals surface area contributed by atoms with E-state index in [1.165, 1.54) is 12.8 Å². The summed E-state index contributed by atoms with van der Waals surface area (Å²) in [6, 6.07) is -0.00360. The molecule has 0 aliphatic heterocycles. The highest BCUT2D eigenvalue weighted by Gasteiger charge is 2.35. The van der Waals surface area contributed by atoms with Crippen molar-refractivity contribution in [3.05, 3.63) is 23.0 Å². The van der Waals surface area contributed by atoms with Gasteiger partial charge in [-0.3, -0.25) is 4.98 Å². The van der Waals surface area contributed by atoms with Crippen molar-refractivity contribution >= 4 is 0 Å². The van der Waals surface area contributed by atoms with Crippen LogP contribution in [-0.4, -0.2) is 31.3 Å². The van der Waals surface area contributed by atoms with Crippen molar-refractivity contribution in [3.8, 4) is 5.75 Å². The number of methoxy groups -OCH3 is 2. The summed E-state index contributed by atoms with van der Waals surface area (Å²) >= 11 is 0. The minimum Gasteiger partial charge on any atom is -0.496 e. The molecule has 1 aromatic heterocycles. The van der Waals surface area contributed by atoms with Crippen LogP contribution >= 0.6 is 0 Å². The molecule has 0 spiro atoms. The largest absolute Gasteiger partial charge is 0.496 e. The highest BCUT2D eigenvalue weighted by atomic mass is 16.5. The fourth-order valence-electron chi connectivity index (χ4n) is 2.76. The molecule has 19 heavy (non-hydrogen) atoms. The van der Waals surface area contributed by atoms with Crippen LogP contribution < -0.4 is 10.5 Å². The molecule has 4 nitrogen and oxygen atoms in total. The molecule has 0 radical (unpaired) electrons. The first-order valence-corrected chi connectivity index (χ1v) is 6.86. The average Bonchev–Trinajstić information content (AvgIpc) is 3.19. The standard InChI is InChI=1S/C15H24N2O2/c1-9-8-17-13(10(2)14(9)18-3)7-12(16)15(19-4)11-5-6-11/h8,11-12,15H,5-7,16H2,1-4H3. The molecular weight excluding hydrogens is 240 g/mol. The Balaban J connectivity index is 2.14. The number of hydrogen-bond acceptors (Lipinski definition) is 4. The molecule has 1 saturated carbocycles. The molecule has 0 bridgehead atoms. The van der Waals surface area contributed by atoms with Crippen molar-refractivity contribution in [2.45, 2.75) is 45.3 Å². The van der Waals surface area contributed by atoms with Crippen LogP contribution in [0.2, 0.25) is 0 Å². The summed E-state index contributed by atoms with van der Waals surface area (Å²) in [4.78, 5) is 4.51. The van der Waals surface area contributed by atoms with E-state index >= 15 is 0 Å². The van der Waals surface area contributed by atoms with E-state index in [1.54, 1.807) is 14.2 Å². The van der Waals surface area contributed by atoms with Gasteiger partial charge in [0, 0.05) is 42.6 Å². The van der Waals surface area contributed by atoms with Crippen LogP contribution in [-0.2, 0) is 11.2 Å². The zero-order valence-corrected chi connectivity index (χ0v) is 12.3. The normalized spacial score (nSPS) is 18.2. The van der Waals surface area contributed by atoms with E-state index in [2.05, 4.69) is 4.98 Å². The van der Waals surface area contributed by atoms with Gasteiger partial charge in [-0.1, -0.05) is 0 Å². The second-order valence-electron chi connectivity index (χ2n) is 5.45. The van der Waals surface area contributed by atoms with Crippen LogP contribution in [0.4, 0.5) is 0 Å². The summed E-state index contributed by atoms with van der Waals surface area (Å²) in [5.41, 5.74) is 9.45. The molecule has 1 aromatic rings. The predicted molar refractivity (Wildman–Crippen MR) is 75.5 cm³/mol. The fraction of sp³-hybridized carbons (Fsp3) is 0.667. The molecule has 1 aliphatic carbocycles. The van der Waals surface area contributed by atoms with Crippen LogP contribution in [0.1, 0.15) is 29.7 Å². The second kappa shape index (κ2) is 5.88. The molecule has 2 rings (SSSR count). The lowest BCUT2D eigenvalue weighted by Crippen LogP contribution is -2.39. The van der Waals surface area contributed by atoms with Gasteiger partial charge >= 0.3 is 0 Å². The Morgan fingerprint density at radius 2 is 2.05 bits per heavy atom. The van der Waals surface area contributed by atoms with Crippen molar-refractivity contribution in [2.24, 2.45) is 11.7 Å². The topological polar surface area (TPSA) is 57.4 Å². The van der Waals surface area contributed by atoms with Crippen molar-refractivity contribution in [2.75, 3.05) is 14.2 Å². The number of rotatable bonds is 6. The SMILES string of the molecule is COc1c(C)cnc(CC(N)C(OC)C2CC2)c1C. The van der Waals surface area contributed by atoms with Gasteiger partial charge in [0.2, 0.25) is 0 Å². The predicted octanol–water partition coefficient (Wildman–Crippen LogP) is 2.00. The van der Waals surface area contributed by atoms with Crippen LogP contribution in [0.3, 0.4) is 0 Å². The van der Waals surface area contributed by atoms with E-state index in [0.29, 0.717) is 5.92 Å². The summed E-state index contributed by atoms with van der Waals surface area (Å²) < 4.78 is 11.0. The molecular formula is C15H24N2O2. The second-order valence-corrected chi connectivity index (χ2v) is 5.45. The number of aryl methyl sites for hydroxylation is 1. The van der Waals surface area contributed by atoms with Gasteiger partial charge in [0.25, 0.3) is 0 Å². The minimum atomic E-state index is -0.00360. The molecule has 1 aliphatic rings. The van der Waals surface area contributed by atoms with Crippen LogP contribution in [0.15, 0.2) is 6.20 Å². The fourth-order valence-corrected chi connectivity index (χ4v) is 2.76. The maximum Gasteiger partial charge on any atom is 0.128 e. The number of nitrogens with zero attached hydrogens (tertiary/aromatic N) is 1. The third-order valence-corrected chi connectivity index (χ3v) is 3.96. The minimum absolute atomic E-state index is 0.00360. The van der Waals surface area contributed by atoms with Gasteiger partial charge in [-0.05, 0) is 32.6 Å². The first-order chi connectivity index (χ1) is 9.08. The Bertz CT molecular complexity index is 444. The number of pyridine rings is 1. The highest BCUT2D eigenvalue weighted by Crippen LogP contribution is 2.36. The molecule has 2 N–H and O–H groups in total. The number of hydrogen-bond donors (Lipinski definition) is 1. The van der Waals surface area contributed by atoms with Crippen LogP contribution in [0.25, 0.3) is 0 Å². The number of ether oxygens (including phenoxy) is 2. The van der Waals surface area contributed by atoms with E-state index in [0.717, 1.165) is 29.0 Å². The first kappa shape index (κ1) is 14.3. The molecule has 1 heterocycles. The lowest BCUT2D eigenvalue weighted by Gasteiger charge is -2.23. The Labute approximate surface area is 115 Å². The monoisotopic (exact) mass is 264 g/mol. The molecule has 0 saturated heterocycles. The smallest absolute Gasteiger partial charge is 0.128 e.